The monoisotopic (exact) mass is 304 g/mol. The molecule has 1 aliphatic rings. The van der Waals surface area contributed by atoms with Crippen molar-refractivity contribution in [3.8, 4) is 5.75 Å². The Bertz CT molecular complexity index is 531. The molecule has 1 heterocycles. The highest BCUT2D eigenvalue weighted by atomic mass is 16.5. The minimum Gasteiger partial charge on any atom is -0.496 e. The average Bonchev–Trinajstić information content (AvgIpc) is 2.54. The van der Waals surface area contributed by atoms with Crippen LogP contribution in [0.1, 0.15) is 12.0 Å². The number of guanidine groups is 1. The first kappa shape index (κ1) is 16.1. The number of hydrogen-bond acceptors (Lipinski definition) is 5. The molecule has 0 atom stereocenters. The van der Waals surface area contributed by atoms with Gasteiger partial charge in [0.2, 0.25) is 5.91 Å². The van der Waals surface area contributed by atoms with Crippen molar-refractivity contribution in [2.45, 2.75) is 12.8 Å². The van der Waals surface area contributed by atoms with Crippen LogP contribution in [0.3, 0.4) is 0 Å². The van der Waals surface area contributed by atoms with E-state index in [2.05, 4.69) is 15.6 Å². The number of carbonyl (C=O) groups excluding carboxylic acids is 1. The van der Waals surface area contributed by atoms with E-state index in [4.69, 9.17) is 4.74 Å². The van der Waals surface area contributed by atoms with E-state index < -0.39 is 0 Å². The molecule has 0 fully saturated rings. The summed E-state index contributed by atoms with van der Waals surface area (Å²) in [4.78, 5) is 18.3. The molecule has 6 nitrogen and oxygen atoms in total. The second-order valence-corrected chi connectivity index (χ2v) is 5.25. The van der Waals surface area contributed by atoms with Crippen LogP contribution in [0.15, 0.2) is 29.3 Å². The SMILES string of the molecule is COc1ccccc1CCNC(=O)CNC1=NCCCN1C. The molecule has 0 aromatic heterocycles. The summed E-state index contributed by atoms with van der Waals surface area (Å²) < 4.78 is 5.30. The number of nitrogens with one attached hydrogen (secondary N) is 2. The maximum Gasteiger partial charge on any atom is 0.239 e. The Morgan fingerprint density at radius 1 is 1.41 bits per heavy atom. The summed E-state index contributed by atoms with van der Waals surface area (Å²) in [7, 11) is 3.63. The lowest BCUT2D eigenvalue weighted by Gasteiger charge is -2.25. The summed E-state index contributed by atoms with van der Waals surface area (Å²) in [5, 5.41) is 5.99. The number of methoxy groups -OCH3 is 1. The van der Waals surface area contributed by atoms with Crippen molar-refractivity contribution < 1.29 is 9.53 Å². The van der Waals surface area contributed by atoms with E-state index in [1.165, 1.54) is 0 Å². The van der Waals surface area contributed by atoms with E-state index >= 15 is 0 Å². The van der Waals surface area contributed by atoms with Gasteiger partial charge in [0.25, 0.3) is 0 Å². The van der Waals surface area contributed by atoms with Crippen LogP contribution in [0.5, 0.6) is 5.75 Å². The molecule has 0 aliphatic carbocycles. The van der Waals surface area contributed by atoms with E-state index in [0.29, 0.717) is 6.54 Å². The zero-order valence-electron chi connectivity index (χ0n) is 13.3. The Morgan fingerprint density at radius 2 is 2.23 bits per heavy atom. The molecule has 1 aromatic rings. The first-order valence-corrected chi connectivity index (χ1v) is 7.58. The Morgan fingerprint density at radius 3 is 3.00 bits per heavy atom. The number of aliphatic imine (C=N–C) groups is 1. The van der Waals surface area contributed by atoms with E-state index in [9.17, 15) is 4.79 Å². The van der Waals surface area contributed by atoms with Gasteiger partial charge in [0.15, 0.2) is 5.96 Å². The van der Waals surface area contributed by atoms with Crippen molar-refractivity contribution in [2.24, 2.45) is 4.99 Å². The maximum atomic E-state index is 11.9. The zero-order valence-corrected chi connectivity index (χ0v) is 13.3. The quantitative estimate of drug-likeness (QED) is 0.809. The molecule has 1 aromatic carbocycles. The molecule has 22 heavy (non-hydrogen) atoms. The summed E-state index contributed by atoms with van der Waals surface area (Å²) in [6.45, 7) is 2.63. The lowest BCUT2D eigenvalue weighted by Crippen LogP contribution is -2.46. The van der Waals surface area contributed by atoms with Gasteiger partial charge in [0.1, 0.15) is 5.75 Å². The molecule has 2 rings (SSSR count). The molecule has 2 N–H and O–H groups in total. The first-order valence-electron chi connectivity index (χ1n) is 7.58. The van der Waals surface area contributed by atoms with Gasteiger partial charge in [-0.3, -0.25) is 9.79 Å². The molecule has 0 unspecified atom stereocenters. The molecule has 120 valence electrons. The lowest BCUT2D eigenvalue weighted by molar-refractivity contribution is -0.120. The van der Waals surface area contributed by atoms with Gasteiger partial charge in [-0.25, -0.2) is 0 Å². The molecule has 1 aliphatic heterocycles. The summed E-state index contributed by atoms with van der Waals surface area (Å²) >= 11 is 0. The van der Waals surface area contributed by atoms with E-state index in [0.717, 1.165) is 43.2 Å². The van der Waals surface area contributed by atoms with Crippen LogP contribution in [0, 0.1) is 0 Å². The van der Waals surface area contributed by atoms with E-state index in [1.807, 2.05) is 36.2 Å². The third kappa shape index (κ3) is 4.65. The molecule has 0 saturated carbocycles. The van der Waals surface area contributed by atoms with Crippen LogP contribution in [-0.4, -0.2) is 57.1 Å². The second-order valence-electron chi connectivity index (χ2n) is 5.25. The van der Waals surface area contributed by atoms with Crippen LogP contribution in [0.25, 0.3) is 0 Å². The Balaban J connectivity index is 1.70. The number of rotatable bonds is 6. The molecular weight excluding hydrogens is 280 g/mol. The minimum absolute atomic E-state index is 0.0310. The molecule has 0 bridgehead atoms. The highest BCUT2D eigenvalue weighted by Gasteiger charge is 2.11. The van der Waals surface area contributed by atoms with Gasteiger partial charge in [0.05, 0.1) is 13.7 Å². The van der Waals surface area contributed by atoms with Crippen molar-refractivity contribution in [3.05, 3.63) is 29.8 Å². The van der Waals surface area contributed by atoms with Gasteiger partial charge in [-0.15, -0.1) is 0 Å². The predicted molar refractivity (Wildman–Crippen MR) is 87.3 cm³/mol. The van der Waals surface area contributed by atoms with Gasteiger partial charge in [0, 0.05) is 26.7 Å². The number of para-hydroxylation sites is 1. The molecule has 6 heteroatoms. The normalized spacial score (nSPS) is 14.3. The van der Waals surface area contributed by atoms with Gasteiger partial charge >= 0.3 is 0 Å². The van der Waals surface area contributed by atoms with Gasteiger partial charge in [-0.05, 0) is 24.5 Å². The second kappa shape index (κ2) is 8.26. The number of benzene rings is 1. The summed E-state index contributed by atoms with van der Waals surface area (Å²) in [6.07, 6.45) is 1.81. The Labute approximate surface area is 131 Å². The molecular formula is C16H24N4O2. The van der Waals surface area contributed by atoms with Crippen molar-refractivity contribution in [1.82, 2.24) is 15.5 Å². The van der Waals surface area contributed by atoms with E-state index in [-0.39, 0.29) is 12.5 Å². The predicted octanol–water partition coefficient (Wildman–Crippen LogP) is 0.635. The standard InChI is InChI=1S/C16H24N4O2/c1-20-11-5-9-18-16(20)19-12-15(21)17-10-8-13-6-3-4-7-14(13)22-2/h3-4,6-7H,5,8-12H2,1-2H3,(H,17,21)(H,18,19). The molecule has 0 saturated heterocycles. The Kier molecular flexibility index (Phi) is 6.06. The number of ether oxygens (including phenoxy) is 1. The van der Waals surface area contributed by atoms with E-state index in [1.54, 1.807) is 7.11 Å². The maximum absolute atomic E-state index is 11.9. The third-order valence-corrected chi connectivity index (χ3v) is 3.59. The molecule has 0 spiro atoms. The highest BCUT2D eigenvalue weighted by molar-refractivity contribution is 5.86. The van der Waals surface area contributed by atoms with Crippen molar-refractivity contribution in [2.75, 3.05) is 40.3 Å². The average molecular weight is 304 g/mol. The summed E-state index contributed by atoms with van der Waals surface area (Å²) in [5.41, 5.74) is 1.09. The van der Waals surface area contributed by atoms with Crippen molar-refractivity contribution >= 4 is 11.9 Å². The summed E-state index contributed by atoms with van der Waals surface area (Å²) in [6, 6.07) is 7.84. The summed E-state index contributed by atoms with van der Waals surface area (Å²) in [5.74, 6) is 1.62. The van der Waals surface area contributed by atoms with Crippen molar-refractivity contribution in [3.63, 3.8) is 0 Å². The first-order chi connectivity index (χ1) is 10.7. The van der Waals surface area contributed by atoms with Gasteiger partial charge in [-0.2, -0.15) is 0 Å². The number of amides is 1. The fourth-order valence-electron chi connectivity index (χ4n) is 2.38. The minimum atomic E-state index is -0.0310. The zero-order chi connectivity index (χ0) is 15.8. The van der Waals surface area contributed by atoms with Crippen molar-refractivity contribution in [1.29, 1.82) is 0 Å². The van der Waals surface area contributed by atoms with Crippen LogP contribution in [0.2, 0.25) is 0 Å². The lowest BCUT2D eigenvalue weighted by atomic mass is 10.1. The molecule has 1 amide bonds. The van der Waals surface area contributed by atoms with Gasteiger partial charge < -0.3 is 20.3 Å². The van der Waals surface area contributed by atoms with Crippen LogP contribution in [0.4, 0.5) is 0 Å². The van der Waals surface area contributed by atoms with Crippen LogP contribution in [-0.2, 0) is 11.2 Å². The highest BCUT2D eigenvalue weighted by Crippen LogP contribution is 2.17. The fourth-order valence-corrected chi connectivity index (χ4v) is 2.38. The topological polar surface area (TPSA) is 66.0 Å². The molecule has 0 radical (unpaired) electrons. The third-order valence-electron chi connectivity index (χ3n) is 3.59. The number of nitrogens with zero attached hydrogens (tertiary/aromatic N) is 2. The number of carbonyl (C=O) groups is 1. The number of hydrogen-bond donors (Lipinski definition) is 2. The Hall–Kier alpha value is -2.24. The van der Waals surface area contributed by atoms with Gasteiger partial charge in [-0.1, -0.05) is 18.2 Å². The smallest absolute Gasteiger partial charge is 0.239 e. The fraction of sp³-hybridized carbons (Fsp3) is 0.500. The van der Waals surface area contributed by atoms with Crippen LogP contribution < -0.4 is 15.4 Å². The van der Waals surface area contributed by atoms with Crippen LogP contribution >= 0.6 is 0 Å². The largest absolute Gasteiger partial charge is 0.496 e.